The maximum atomic E-state index is 12.3. The Labute approximate surface area is 201 Å². The van der Waals surface area contributed by atoms with Gasteiger partial charge in [-0.15, -0.1) is 0 Å². The van der Waals surface area contributed by atoms with Crippen LogP contribution in [0.1, 0.15) is 28.9 Å². The molecule has 34 heavy (non-hydrogen) atoms. The largest absolute Gasteiger partial charge is 0.355 e. The Morgan fingerprint density at radius 2 is 1.68 bits per heavy atom. The van der Waals surface area contributed by atoms with Crippen LogP contribution in [0.15, 0.2) is 79.0 Å². The summed E-state index contributed by atoms with van der Waals surface area (Å²) in [6.45, 7) is 5.91. The minimum absolute atomic E-state index is 0.0900. The Hall–Kier alpha value is -3.66. The summed E-state index contributed by atoms with van der Waals surface area (Å²) < 4.78 is 2.27. The highest BCUT2D eigenvalue weighted by Gasteiger charge is 2.21. The van der Waals surface area contributed by atoms with Gasteiger partial charge in [-0.1, -0.05) is 72.8 Å². The highest BCUT2D eigenvalue weighted by atomic mass is 16.1. The molecule has 1 aromatic heterocycles. The van der Waals surface area contributed by atoms with Crippen molar-refractivity contribution in [1.82, 2.24) is 14.9 Å². The second-order valence-corrected chi connectivity index (χ2v) is 9.44. The van der Waals surface area contributed by atoms with Crippen LogP contribution in [0, 0.1) is 19.8 Å². The van der Waals surface area contributed by atoms with E-state index in [1.54, 1.807) is 0 Å². The van der Waals surface area contributed by atoms with Crippen molar-refractivity contribution in [1.29, 1.82) is 0 Å². The van der Waals surface area contributed by atoms with Gasteiger partial charge < -0.3 is 9.88 Å². The number of carbonyl (C=O) groups is 1. The number of hydrogen-bond acceptors (Lipinski definition) is 2. The molecule has 0 aliphatic carbocycles. The van der Waals surface area contributed by atoms with Crippen molar-refractivity contribution in [3.05, 3.63) is 102 Å². The van der Waals surface area contributed by atoms with Gasteiger partial charge >= 0.3 is 0 Å². The Balaban J connectivity index is 1.21. The molecule has 0 fully saturated rings. The summed E-state index contributed by atoms with van der Waals surface area (Å²) in [5.41, 5.74) is 8.32. The number of fused-ring (bicyclic) bond motifs is 1. The van der Waals surface area contributed by atoms with Gasteiger partial charge in [0.2, 0.25) is 5.91 Å². The van der Waals surface area contributed by atoms with Gasteiger partial charge in [0.1, 0.15) is 5.82 Å². The van der Waals surface area contributed by atoms with Crippen LogP contribution in [0.25, 0.3) is 22.4 Å². The summed E-state index contributed by atoms with van der Waals surface area (Å²) in [6, 6.07) is 25.2. The minimum Gasteiger partial charge on any atom is -0.355 e. The summed E-state index contributed by atoms with van der Waals surface area (Å²) >= 11 is 0. The van der Waals surface area contributed by atoms with E-state index >= 15 is 0 Å². The average Bonchev–Trinajstić information content (AvgIpc) is 3.29. The summed E-state index contributed by atoms with van der Waals surface area (Å²) in [5, 5.41) is 3.13. The second-order valence-electron chi connectivity index (χ2n) is 9.44. The number of aromatic nitrogens is 2. The topological polar surface area (TPSA) is 46.9 Å². The molecule has 1 aliphatic rings. The molecular formula is C30H31N3O. The van der Waals surface area contributed by atoms with E-state index in [1.165, 1.54) is 22.3 Å². The Morgan fingerprint density at radius 1 is 0.941 bits per heavy atom. The fourth-order valence-electron chi connectivity index (χ4n) is 4.68. The first-order chi connectivity index (χ1) is 16.5. The molecule has 1 aliphatic heterocycles. The first-order valence-corrected chi connectivity index (χ1v) is 12.1. The summed E-state index contributed by atoms with van der Waals surface area (Å²) in [5.74, 6) is 1.66. The van der Waals surface area contributed by atoms with Gasteiger partial charge in [0.05, 0.1) is 12.1 Å². The monoisotopic (exact) mass is 449 g/mol. The third-order valence-corrected chi connectivity index (χ3v) is 6.91. The van der Waals surface area contributed by atoms with E-state index in [9.17, 15) is 4.79 Å². The quantitative estimate of drug-likeness (QED) is 0.407. The van der Waals surface area contributed by atoms with Gasteiger partial charge in [0, 0.05) is 31.3 Å². The van der Waals surface area contributed by atoms with Crippen molar-refractivity contribution in [2.75, 3.05) is 6.54 Å². The summed E-state index contributed by atoms with van der Waals surface area (Å²) in [7, 11) is 0. The lowest BCUT2D eigenvalue weighted by Gasteiger charge is -2.23. The number of hydrogen-bond donors (Lipinski definition) is 1. The summed E-state index contributed by atoms with van der Waals surface area (Å²) in [6.07, 6.45) is 4.60. The van der Waals surface area contributed by atoms with Crippen LogP contribution in [0.4, 0.5) is 0 Å². The average molecular weight is 450 g/mol. The molecule has 1 unspecified atom stereocenters. The van der Waals surface area contributed by atoms with Crippen LogP contribution >= 0.6 is 0 Å². The lowest BCUT2D eigenvalue weighted by atomic mass is 9.99. The zero-order chi connectivity index (χ0) is 23.5. The van der Waals surface area contributed by atoms with Crippen LogP contribution in [0.3, 0.4) is 0 Å². The number of rotatable bonds is 6. The SMILES string of the molecule is Cc1ccc(-c2ccc(-c3cn4c(n3)CCC(CNC(=O)Cc3ccccc3)C4)cc2)cc1C. The molecule has 0 saturated heterocycles. The van der Waals surface area contributed by atoms with Crippen LogP contribution in [-0.4, -0.2) is 22.0 Å². The Bertz CT molecular complexity index is 1290. The molecule has 4 nitrogen and oxygen atoms in total. The number of imidazole rings is 1. The van der Waals surface area contributed by atoms with Crippen LogP contribution in [0.2, 0.25) is 0 Å². The highest BCUT2D eigenvalue weighted by Crippen LogP contribution is 2.28. The molecule has 1 atom stereocenters. The number of nitrogens with one attached hydrogen (secondary N) is 1. The number of amides is 1. The van der Waals surface area contributed by atoms with Crippen LogP contribution < -0.4 is 5.32 Å². The molecular weight excluding hydrogens is 418 g/mol. The van der Waals surface area contributed by atoms with Crippen molar-refractivity contribution in [3.63, 3.8) is 0 Å². The zero-order valence-electron chi connectivity index (χ0n) is 19.9. The standard InChI is InChI=1S/C30H31N3O/c1-21-8-10-27(16-22(21)2)25-11-13-26(14-12-25)28-20-33-19-24(9-15-29(33)32-28)18-31-30(34)17-23-6-4-3-5-7-23/h3-8,10-14,16,20,24H,9,15,17-19H2,1-2H3,(H,31,34). The third-order valence-electron chi connectivity index (χ3n) is 6.91. The van der Waals surface area contributed by atoms with Crippen molar-refractivity contribution in [3.8, 4) is 22.4 Å². The molecule has 0 saturated carbocycles. The highest BCUT2D eigenvalue weighted by molar-refractivity contribution is 5.78. The summed E-state index contributed by atoms with van der Waals surface area (Å²) in [4.78, 5) is 17.2. The first-order valence-electron chi connectivity index (χ1n) is 12.1. The van der Waals surface area contributed by atoms with E-state index < -0.39 is 0 Å². The maximum Gasteiger partial charge on any atom is 0.224 e. The van der Waals surface area contributed by atoms with Crippen LogP contribution in [0.5, 0.6) is 0 Å². The number of benzene rings is 3. The molecule has 172 valence electrons. The van der Waals surface area contributed by atoms with Crippen molar-refractivity contribution >= 4 is 5.91 Å². The van der Waals surface area contributed by atoms with Crippen LogP contribution in [-0.2, 0) is 24.2 Å². The maximum absolute atomic E-state index is 12.3. The lowest BCUT2D eigenvalue weighted by molar-refractivity contribution is -0.120. The van der Waals surface area contributed by atoms with Gasteiger partial charge in [0.15, 0.2) is 0 Å². The van der Waals surface area contributed by atoms with Crippen molar-refractivity contribution in [2.45, 2.75) is 39.7 Å². The fourth-order valence-corrected chi connectivity index (χ4v) is 4.68. The molecule has 3 aromatic carbocycles. The molecule has 1 amide bonds. The third kappa shape index (κ3) is 4.96. The molecule has 0 bridgehead atoms. The van der Waals surface area contributed by atoms with Crippen molar-refractivity contribution < 1.29 is 4.79 Å². The molecule has 5 rings (SSSR count). The van der Waals surface area contributed by atoms with Gasteiger partial charge in [-0.2, -0.15) is 0 Å². The van der Waals surface area contributed by atoms with E-state index in [4.69, 9.17) is 4.98 Å². The molecule has 0 spiro atoms. The molecule has 0 radical (unpaired) electrons. The number of carbonyl (C=O) groups excluding carboxylic acids is 1. The minimum atomic E-state index is 0.0900. The van der Waals surface area contributed by atoms with E-state index in [2.05, 4.69) is 72.4 Å². The van der Waals surface area contributed by atoms with Gasteiger partial charge in [-0.3, -0.25) is 4.79 Å². The molecule has 2 heterocycles. The zero-order valence-corrected chi connectivity index (χ0v) is 19.9. The Morgan fingerprint density at radius 3 is 2.44 bits per heavy atom. The molecule has 4 aromatic rings. The fraction of sp³-hybridized carbons (Fsp3) is 0.267. The van der Waals surface area contributed by atoms with E-state index in [0.717, 1.165) is 42.0 Å². The Kier molecular flexibility index (Phi) is 6.31. The predicted molar refractivity (Wildman–Crippen MR) is 138 cm³/mol. The number of aryl methyl sites for hydroxylation is 3. The first kappa shape index (κ1) is 22.1. The van der Waals surface area contributed by atoms with Crippen molar-refractivity contribution in [2.24, 2.45) is 5.92 Å². The predicted octanol–water partition coefficient (Wildman–Crippen LogP) is 5.76. The number of nitrogens with zero attached hydrogens (tertiary/aromatic N) is 2. The van der Waals surface area contributed by atoms with Gasteiger partial charge in [-0.05, 0) is 54.0 Å². The van der Waals surface area contributed by atoms with Gasteiger partial charge in [-0.25, -0.2) is 4.98 Å². The van der Waals surface area contributed by atoms with E-state index in [0.29, 0.717) is 18.9 Å². The second kappa shape index (κ2) is 9.68. The normalized spacial score (nSPS) is 15.1. The van der Waals surface area contributed by atoms with Gasteiger partial charge in [0.25, 0.3) is 0 Å². The van der Waals surface area contributed by atoms with E-state index in [1.807, 2.05) is 30.3 Å². The molecule has 4 heteroatoms. The molecule has 1 N–H and O–H groups in total. The lowest BCUT2D eigenvalue weighted by Crippen LogP contribution is -2.34. The smallest absolute Gasteiger partial charge is 0.224 e. The van der Waals surface area contributed by atoms with E-state index in [-0.39, 0.29) is 5.91 Å².